The Morgan fingerprint density at radius 2 is 1.20 bits per heavy atom. The number of para-hydroxylation sites is 1. The maximum absolute atomic E-state index is 6.57. The summed E-state index contributed by atoms with van der Waals surface area (Å²) < 4.78 is 6.57. The fourth-order valence-electron chi connectivity index (χ4n) is 4.61. The molecule has 0 amide bonds. The van der Waals surface area contributed by atoms with E-state index in [4.69, 9.17) is 4.42 Å². The third-order valence-electron chi connectivity index (χ3n) is 5.98. The summed E-state index contributed by atoms with van der Waals surface area (Å²) in [6.45, 7) is 2.13. The molecule has 0 fully saturated rings. The van der Waals surface area contributed by atoms with Crippen molar-refractivity contribution in [2.45, 2.75) is 6.92 Å². The average Bonchev–Trinajstić information content (AvgIpc) is 3.21. The van der Waals surface area contributed by atoms with Gasteiger partial charge < -0.3 is 4.42 Å². The smallest absolute Gasteiger partial charge is 0.143 e. The van der Waals surface area contributed by atoms with Gasteiger partial charge >= 0.3 is 0 Å². The first-order chi connectivity index (χ1) is 14.8. The molecule has 1 heterocycles. The van der Waals surface area contributed by atoms with Crippen LogP contribution in [-0.4, -0.2) is 0 Å². The van der Waals surface area contributed by atoms with Crippen molar-refractivity contribution in [2.24, 2.45) is 0 Å². The van der Waals surface area contributed by atoms with Crippen LogP contribution in [0.5, 0.6) is 0 Å². The quantitative estimate of drug-likeness (QED) is 0.292. The molecule has 1 heteroatoms. The van der Waals surface area contributed by atoms with E-state index < -0.39 is 0 Å². The third kappa shape index (κ3) is 2.49. The van der Waals surface area contributed by atoms with Gasteiger partial charge in [-0.05, 0) is 46.0 Å². The van der Waals surface area contributed by atoms with Gasteiger partial charge in [0.15, 0.2) is 0 Å². The van der Waals surface area contributed by atoms with Gasteiger partial charge in [-0.25, -0.2) is 0 Å². The van der Waals surface area contributed by atoms with E-state index >= 15 is 0 Å². The molecule has 0 bridgehead atoms. The van der Waals surface area contributed by atoms with Gasteiger partial charge in [0.2, 0.25) is 0 Å². The molecular weight excluding hydrogens is 364 g/mol. The van der Waals surface area contributed by atoms with Crippen LogP contribution in [0.3, 0.4) is 0 Å². The summed E-state index contributed by atoms with van der Waals surface area (Å²) in [4.78, 5) is 0. The zero-order valence-corrected chi connectivity index (χ0v) is 16.7. The van der Waals surface area contributed by atoms with Gasteiger partial charge in [-0.3, -0.25) is 0 Å². The zero-order valence-electron chi connectivity index (χ0n) is 16.7. The predicted molar refractivity (Wildman–Crippen MR) is 127 cm³/mol. The lowest BCUT2D eigenvalue weighted by Gasteiger charge is -2.10. The average molecular weight is 384 g/mol. The Balaban J connectivity index is 1.72. The number of benzene rings is 5. The highest BCUT2D eigenvalue weighted by atomic mass is 16.3. The molecule has 0 aliphatic carbocycles. The molecule has 0 unspecified atom stereocenters. The van der Waals surface area contributed by atoms with Crippen molar-refractivity contribution in [3.63, 3.8) is 0 Å². The first-order valence-corrected chi connectivity index (χ1v) is 10.3. The summed E-state index contributed by atoms with van der Waals surface area (Å²) >= 11 is 0. The summed E-state index contributed by atoms with van der Waals surface area (Å²) in [6, 6.07) is 36.4. The highest BCUT2D eigenvalue weighted by Gasteiger charge is 2.17. The number of aryl methyl sites for hydroxylation is 1. The molecule has 6 aromatic rings. The van der Waals surface area contributed by atoms with Crippen molar-refractivity contribution in [3.8, 4) is 22.3 Å². The second-order valence-corrected chi connectivity index (χ2v) is 7.81. The Bertz CT molecular complexity index is 1540. The molecule has 0 saturated carbocycles. The van der Waals surface area contributed by atoms with E-state index in [1.165, 1.54) is 43.8 Å². The van der Waals surface area contributed by atoms with Gasteiger partial charge in [0, 0.05) is 16.3 Å². The lowest BCUT2D eigenvalue weighted by molar-refractivity contribution is 0.667. The molecule has 0 aliphatic heterocycles. The Morgan fingerprint density at radius 3 is 2.07 bits per heavy atom. The van der Waals surface area contributed by atoms with E-state index in [-0.39, 0.29) is 0 Å². The van der Waals surface area contributed by atoms with Crippen LogP contribution >= 0.6 is 0 Å². The molecule has 30 heavy (non-hydrogen) atoms. The SMILES string of the molecule is Cc1cc2ccccc2c2c1oc1c(-c3ccccc3-c3ccccc3)cccc12. The predicted octanol–water partition coefficient (Wildman–Crippen LogP) is 8.38. The van der Waals surface area contributed by atoms with Gasteiger partial charge in [0.25, 0.3) is 0 Å². The van der Waals surface area contributed by atoms with Crippen molar-refractivity contribution < 1.29 is 4.42 Å². The third-order valence-corrected chi connectivity index (χ3v) is 5.98. The molecule has 142 valence electrons. The minimum Gasteiger partial charge on any atom is -0.455 e. The van der Waals surface area contributed by atoms with Crippen LogP contribution in [0.2, 0.25) is 0 Å². The minimum absolute atomic E-state index is 0.954. The van der Waals surface area contributed by atoms with E-state index in [0.29, 0.717) is 0 Å². The number of fused-ring (bicyclic) bond motifs is 5. The van der Waals surface area contributed by atoms with Crippen molar-refractivity contribution in [2.75, 3.05) is 0 Å². The second kappa shape index (κ2) is 6.60. The van der Waals surface area contributed by atoms with Gasteiger partial charge in [-0.15, -0.1) is 0 Å². The van der Waals surface area contributed by atoms with Crippen LogP contribution < -0.4 is 0 Å². The van der Waals surface area contributed by atoms with E-state index in [1.54, 1.807) is 0 Å². The highest BCUT2D eigenvalue weighted by molar-refractivity contribution is 6.21. The van der Waals surface area contributed by atoms with Crippen molar-refractivity contribution in [1.29, 1.82) is 0 Å². The van der Waals surface area contributed by atoms with Crippen molar-refractivity contribution in [3.05, 3.63) is 109 Å². The number of furan rings is 1. The molecule has 5 aromatic carbocycles. The molecular formula is C29H20O. The summed E-state index contributed by atoms with van der Waals surface area (Å²) in [5.41, 5.74) is 7.85. The first-order valence-electron chi connectivity index (χ1n) is 10.3. The molecule has 0 atom stereocenters. The van der Waals surface area contributed by atoms with E-state index in [2.05, 4.69) is 110 Å². The number of rotatable bonds is 2. The summed E-state index contributed by atoms with van der Waals surface area (Å²) in [7, 11) is 0. The van der Waals surface area contributed by atoms with Gasteiger partial charge in [-0.2, -0.15) is 0 Å². The largest absolute Gasteiger partial charge is 0.455 e. The van der Waals surface area contributed by atoms with Crippen LogP contribution in [-0.2, 0) is 0 Å². The molecule has 1 aromatic heterocycles. The maximum atomic E-state index is 6.57. The zero-order chi connectivity index (χ0) is 20.1. The van der Waals surface area contributed by atoms with Crippen LogP contribution in [0.25, 0.3) is 55.0 Å². The Kier molecular flexibility index (Phi) is 3.75. The molecule has 0 N–H and O–H groups in total. The first kappa shape index (κ1) is 17.1. The summed E-state index contributed by atoms with van der Waals surface area (Å²) in [5, 5.41) is 4.87. The monoisotopic (exact) mass is 384 g/mol. The molecule has 6 rings (SSSR count). The number of hydrogen-bond acceptors (Lipinski definition) is 1. The van der Waals surface area contributed by atoms with Crippen LogP contribution in [0.1, 0.15) is 5.56 Å². The van der Waals surface area contributed by atoms with E-state index in [1.807, 2.05) is 0 Å². The molecule has 0 radical (unpaired) electrons. The lowest BCUT2D eigenvalue weighted by atomic mass is 9.93. The maximum Gasteiger partial charge on any atom is 0.143 e. The van der Waals surface area contributed by atoms with Gasteiger partial charge in [0.05, 0.1) is 0 Å². The van der Waals surface area contributed by atoms with E-state index in [9.17, 15) is 0 Å². The Morgan fingerprint density at radius 1 is 0.533 bits per heavy atom. The fraction of sp³-hybridized carbons (Fsp3) is 0.0345. The topological polar surface area (TPSA) is 13.1 Å². The van der Waals surface area contributed by atoms with Crippen LogP contribution in [0.15, 0.2) is 108 Å². The van der Waals surface area contributed by atoms with Crippen LogP contribution in [0.4, 0.5) is 0 Å². The lowest BCUT2D eigenvalue weighted by Crippen LogP contribution is -1.85. The van der Waals surface area contributed by atoms with Crippen molar-refractivity contribution in [1.82, 2.24) is 0 Å². The Labute approximate surface area is 175 Å². The molecule has 0 saturated heterocycles. The standard InChI is InChI=1S/C29H20O/c1-19-18-21-12-5-6-14-23(21)27-26-17-9-16-25(29(26)30-28(19)27)24-15-8-7-13-22(24)20-10-3-2-4-11-20/h2-18H,1H3. The summed E-state index contributed by atoms with van der Waals surface area (Å²) in [6.07, 6.45) is 0. The van der Waals surface area contributed by atoms with Crippen molar-refractivity contribution >= 4 is 32.7 Å². The Hall–Kier alpha value is -3.84. The van der Waals surface area contributed by atoms with E-state index in [0.717, 1.165) is 16.7 Å². The van der Waals surface area contributed by atoms with Gasteiger partial charge in [-0.1, -0.05) is 97.1 Å². The van der Waals surface area contributed by atoms with Crippen LogP contribution in [0, 0.1) is 6.92 Å². The second-order valence-electron chi connectivity index (χ2n) is 7.81. The minimum atomic E-state index is 0.954. The fourth-order valence-corrected chi connectivity index (χ4v) is 4.61. The van der Waals surface area contributed by atoms with Gasteiger partial charge in [0.1, 0.15) is 11.2 Å². The highest BCUT2D eigenvalue weighted by Crippen LogP contribution is 2.42. The molecule has 0 spiro atoms. The molecule has 0 aliphatic rings. The normalized spacial score (nSPS) is 11.5. The summed E-state index contributed by atoms with van der Waals surface area (Å²) in [5.74, 6) is 0. The molecule has 1 nitrogen and oxygen atoms in total. The number of hydrogen-bond donors (Lipinski definition) is 0.